The largest absolute Gasteiger partial charge is 0.505 e. The summed E-state index contributed by atoms with van der Waals surface area (Å²) in [6.45, 7) is 6.19. The zero-order valence-corrected chi connectivity index (χ0v) is 16.1. The predicted octanol–water partition coefficient (Wildman–Crippen LogP) is 3.56. The number of hydrogen-bond acceptors (Lipinski definition) is 4. The van der Waals surface area contributed by atoms with E-state index in [1.807, 2.05) is 51.1 Å². The number of aliphatic hydroxyl groups is 1. The molecule has 0 aliphatic rings. The maximum atomic E-state index is 10.8. The second kappa shape index (κ2) is 6.33. The second-order valence-electron chi connectivity index (χ2n) is 6.83. The van der Waals surface area contributed by atoms with Gasteiger partial charge in [0.25, 0.3) is 0 Å². The van der Waals surface area contributed by atoms with Crippen molar-refractivity contribution in [1.82, 2.24) is 15.0 Å². The Balaban J connectivity index is 2.24. The first-order valence-corrected chi connectivity index (χ1v) is 8.88. The van der Waals surface area contributed by atoms with Gasteiger partial charge in [-0.15, -0.1) is 15.0 Å². The fourth-order valence-electron chi connectivity index (χ4n) is 2.69. The van der Waals surface area contributed by atoms with Crippen LogP contribution < -0.4 is 0 Å². The number of hydrogen-bond donors (Lipinski definition) is 2. The van der Waals surface area contributed by atoms with Crippen molar-refractivity contribution < 1.29 is 10.2 Å². The van der Waals surface area contributed by atoms with Gasteiger partial charge in [-0.05, 0) is 58.2 Å². The van der Waals surface area contributed by atoms with Crippen LogP contribution in [0.15, 0.2) is 30.3 Å². The van der Waals surface area contributed by atoms with Crippen LogP contribution in [0.4, 0.5) is 0 Å². The summed E-state index contributed by atoms with van der Waals surface area (Å²) in [4.78, 5) is 1.48. The smallest absolute Gasteiger partial charge is 0.146 e. The molecule has 0 atom stereocenters. The summed E-state index contributed by atoms with van der Waals surface area (Å²) in [6.07, 6.45) is 0.523. The summed E-state index contributed by atoms with van der Waals surface area (Å²) in [5.74, 6) is 0.180. The Labute approximate surface area is 154 Å². The molecule has 0 fully saturated rings. The average Bonchev–Trinajstić information content (AvgIpc) is 2.93. The molecule has 0 radical (unpaired) electrons. The van der Waals surface area contributed by atoms with Gasteiger partial charge in [0.2, 0.25) is 0 Å². The maximum Gasteiger partial charge on any atom is 0.146 e. The molecule has 24 heavy (non-hydrogen) atoms. The van der Waals surface area contributed by atoms with E-state index < -0.39 is 0 Å². The summed E-state index contributed by atoms with van der Waals surface area (Å²) in [5.41, 5.74) is 3.67. The van der Waals surface area contributed by atoms with Gasteiger partial charge in [-0.1, -0.05) is 32.9 Å². The monoisotopic (exact) mass is 437 g/mol. The number of phenolic OH excluding ortho intramolecular Hbond substituents is 1. The van der Waals surface area contributed by atoms with Crippen molar-refractivity contribution in [3.8, 4) is 11.4 Å². The Morgan fingerprint density at radius 2 is 1.92 bits per heavy atom. The van der Waals surface area contributed by atoms with E-state index in [9.17, 15) is 10.2 Å². The summed E-state index contributed by atoms with van der Waals surface area (Å²) >= 11 is 2.23. The molecule has 126 valence electrons. The van der Waals surface area contributed by atoms with Gasteiger partial charge in [-0.3, -0.25) is 0 Å². The van der Waals surface area contributed by atoms with Crippen LogP contribution in [0.5, 0.6) is 5.75 Å². The van der Waals surface area contributed by atoms with E-state index in [2.05, 4.69) is 32.8 Å². The zero-order chi connectivity index (χ0) is 17.5. The predicted molar refractivity (Wildman–Crippen MR) is 103 cm³/mol. The van der Waals surface area contributed by atoms with E-state index in [-0.39, 0.29) is 17.8 Å². The highest BCUT2D eigenvalue weighted by Gasteiger charge is 2.23. The number of halogens is 1. The van der Waals surface area contributed by atoms with Crippen LogP contribution in [-0.4, -0.2) is 31.8 Å². The number of fused-ring (bicyclic) bond motifs is 1. The van der Waals surface area contributed by atoms with Gasteiger partial charge in [0, 0.05) is 15.7 Å². The van der Waals surface area contributed by atoms with E-state index in [4.69, 9.17) is 0 Å². The minimum atomic E-state index is -0.231. The van der Waals surface area contributed by atoms with Crippen molar-refractivity contribution in [2.45, 2.75) is 32.6 Å². The van der Waals surface area contributed by atoms with Crippen LogP contribution in [0, 0.1) is 3.57 Å². The lowest BCUT2D eigenvalue weighted by Gasteiger charge is -2.23. The van der Waals surface area contributed by atoms with Crippen molar-refractivity contribution in [2.24, 2.45) is 0 Å². The molecule has 0 saturated carbocycles. The number of rotatable bonds is 3. The Morgan fingerprint density at radius 1 is 1.17 bits per heavy atom. The fraction of sp³-hybridized carbons (Fsp3) is 0.333. The van der Waals surface area contributed by atoms with Gasteiger partial charge in [0.15, 0.2) is 0 Å². The number of nitrogens with zero attached hydrogens (tertiary/aromatic N) is 3. The van der Waals surface area contributed by atoms with E-state index >= 15 is 0 Å². The average molecular weight is 437 g/mol. The molecule has 2 aromatic carbocycles. The molecular weight excluding hydrogens is 417 g/mol. The van der Waals surface area contributed by atoms with Crippen molar-refractivity contribution in [3.63, 3.8) is 0 Å². The third-order valence-corrected chi connectivity index (χ3v) is 4.81. The lowest BCUT2D eigenvalue weighted by atomic mass is 9.84. The van der Waals surface area contributed by atoms with Crippen molar-refractivity contribution >= 4 is 33.6 Å². The lowest BCUT2D eigenvalue weighted by molar-refractivity contribution is 0.299. The van der Waals surface area contributed by atoms with Crippen LogP contribution >= 0.6 is 22.6 Å². The molecule has 6 heteroatoms. The molecule has 0 amide bonds. The van der Waals surface area contributed by atoms with Gasteiger partial charge >= 0.3 is 0 Å². The molecule has 2 N–H and O–H groups in total. The molecule has 0 unspecified atom stereocenters. The standard InChI is InChI=1S/C18H20IN3O2/c1-18(2,3)12-9-11(7-8-23)10-15(17(12)24)22-20-14-6-4-5-13(19)16(14)21-22/h4-6,9-10,23-24H,7-8H2,1-3H3. The Bertz CT molecular complexity index is 897. The Morgan fingerprint density at radius 3 is 2.54 bits per heavy atom. The highest BCUT2D eigenvalue weighted by molar-refractivity contribution is 14.1. The second-order valence-corrected chi connectivity index (χ2v) is 7.99. The number of aromatic hydroxyl groups is 1. The zero-order valence-electron chi connectivity index (χ0n) is 13.9. The van der Waals surface area contributed by atoms with Crippen molar-refractivity contribution in [1.29, 1.82) is 0 Å². The van der Waals surface area contributed by atoms with Gasteiger partial charge in [0.1, 0.15) is 22.5 Å². The van der Waals surface area contributed by atoms with Gasteiger partial charge in [0.05, 0.1) is 0 Å². The third kappa shape index (κ3) is 3.12. The lowest BCUT2D eigenvalue weighted by Crippen LogP contribution is -2.14. The number of aliphatic hydroxyl groups excluding tert-OH is 1. The van der Waals surface area contributed by atoms with Crippen molar-refractivity contribution in [2.75, 3.05) is 6.61 Å². The first-order valence-electron chi connectivity index (χ1n) is 7.80. The summed E-state index contributed by atoms with van der Waals surface area (Å²) in [6, 6.07) is 9.60. The number of phenols is 1. The summed E-state index contributed by atoms with van der Waals surface area (Å²) < 4.78 is 1.01. The molecule has 5 nitrogen and oxygen atoms in total. The van der Waals surface area contributed by atoms with E-state index in [1.165, 1.54) is 4.80 Å². The number of aromatic nitrogens is 3. The molecule has 1 heterocycles. The van der Waals surface area contributed by atoms with Crippen LogP contribution in [0.2, 0.25) is 0 Å². The first-order chi connectivity index (χ1) is 11.3. The Hall–Kier alpha value is -1.67. The van der Waals surface area contributed by atoms with Crippen LogP contribution in [0.3, 0.4) is 0 Å². The van der Waals surface area contributed by atoms with E-state index in [1.54, 1.807) is 0 Å². The minimum absolute atomic E-state index is 0.0558. The first kappa shape index (κ1) is 17.2. The third-order valence-electron chi connectivity index (χ3n) is 3.94. The number of benzene rings is 2. The molecular formula is C18H20IN3O2. The van der Waals surface area contributed by atoms with Crippen LogP contribution in [0.1, 0.15) is 31.9 Å². The molecule has 1 aromatic heterocycles. The van der Waals surface area contributed by atoms with E-state index in [0.717, 1.165) is 25.7 Å². The van der Waals surface area contributed by atoms with Gasteiger partial charge in [-0.2, -0.15) is 0 Å². The molecule has 0 bridgehead atoms. The minimum Gasteiger partial charge on any atom is -0.505 e. The molecule has 0 aliphatic heterocycles. The molecule has 0 spiro atoms. The summed E-state index contributed by atoms with van der Waals surface area (Å²) in [5, 5.41) is 29.1. The molecule has 0 aliphatic carbocycles. The SMILES string of the molecule is CC(C)(C)c1cc(CCO)cc(-n2nc3cccc(I)c3n2)c1O. The van der Waals surface area contributed by atoms with Gasteiger partial charge in [-0.25, -0.2) is 0 Å². The normalized spacial score (nSPS) is 12.0. The molecule has 3 aromatic rings. The van der Waals surface area contributed by atoms with Gasteiger partial charge < -0.3 is 10.2 Å². The topological polar surface area (TPSA) is 71.2 Å². The quantitative estimate of drug-likeness (QED) is 0.615. The van der Waals surface area contributed by atoms with Crippen LogP contribution in [-0.2, 0) is 11.8 Å². The maximum absolute atomic E-state index is 10.8. The highest BCUT2D eigenvalue weighted by atomic mass is 127. The van der Waals surface area contributed by atoms with Crippen LogP contribution in [0.25, 0.3) is 16.7 Å². The highest BCUT2D eigenvalue weighted by Crippen LogP contribution is 2.36. The fourth-order valence-corrected chi connectivity index (χ4v) is 3.28. The van der Waals surface area contributed by atoms with E-state index in [0.29, 0.717) is 12.1 Å². The summed E-state index contributed by atoms with van der Waals surface area (Å²) in [7, 11) is 0. The van der Waals surface area contributed by atoms with Crippen molar-refractivity contribution in [3.05, 3.63) is 45.0 Å². The molecule has 3 rings (SSSR count). The molecule has 0 saturated heterocycles. The Kier molecular flexibility index (Phi) is 4.52.